The van der Waals surface area contributed by atoms with Crippen LogP contribution in [0.5, 0.6) is 0 Å². The van der Waals surface area contributed by atoms with Gasteiger partial charge >= 0.3 is 0 Å². The number of amides is 1. The molecule has 2 heterocycles. The van der Waals surface area contributed by atoms with E-state index in [1.165, 1.54) is 0 Å². The Morgan fingerprint density at radius 3 is 2.89 bits per heavy atom. The largest absolute Gasteiger partial charge is 0.373 e. The molecule has 0 radical (unpaired) electrons. The number of nitrogens with two attached hydrogens (primary N) is 1. The van der Waals surface area contributed by atoms with Gasteiger partial charge in [-0.25, -0.2) is 0 Å². The van der Waals surface area contributed by atoms with Crippen molar-refractivity contribution in [3.63, 3.8) is 0 Å². The number of rotatable bonds is 2. The molecule has 2 N–H and O–H groups in total. The molecule has 1 unspecified atom stereocenters. The zero-order valence-corrected chi connectivity index (χ0v) is 12.4. The first-order chi connectivity index (χ1) is 8.20. The molecule has 1 amide bonds. The van der Waals surface area contributed by atoms with E-state index in [-0.39, 0.29) is 36.8 Å². The summed E-state index contributed by atoms with van der Waals surface area (Å²) in [5, 5.41) is 0. The van der Waals surface area contributed by atoms with Crippen LogP contribution in [0, 0.1) is 6.92 Å². The number of aromatic nitrogens is 1. The Kier molecular flexibility index (Phi) is 7.94. The molecule has 1 aromatic rings. The first kappa shape index (κ1) is 18.1. The molecule has 7 heteroatoms. The van der Waals surface area contributed by atoms with Gasteiger partial charge in [0.15, 0.2) is 0 Å². The Balaban J connectivity index is 0.00000162. The van der Waals surface area contributed by atoms with Crippen molar-refractivity contribution in [2.75, 3.05) is 26.2 Å². The lowest BCUT2D eigenvalue weighted by molar-refractivity contribution is -0.0167. The number of pyridine rings is 1. The summed E-state index contributed by atoms with van der Waals surface area (Å²) in [6.45, 7) is 4.08. The summed E-state index contributed by atoms with van der Waals surface area (Å²) in [6.07, 6.45) is 3.28. The number of carbonyl (C=O) groups excluding carboxylic acids is 1. The average molecular weight is 308 g/mol. The first-order valence-corrected chi connectivity index (χ1v) is 5.73. The molecule has 1 atom stereocenters. The Hall–Kier alpha value is -0.880. The molecule has 0 aromatic carbocycles. The van der Waals surface area contributed by atoms with E-state index in [1.54, 1.807) is 17.3 Å². The second-order valence-electron chi connectivity index (χ2n) is 4.23. The fourth-order valence-electron chi connectivity index (χ4n) is 1.90. The first-order valence-electron chi connectivity index (χ1n) is 5.73. The maximum absolute atomic E-state index is 12.2. The molecule has 108 valence electrons. The highest BCUT2D eigenvalue weighted by Crippen LogP contribution is 2.10. The molecular weight excluding hydrogens is 289 g/mol. The monoisotopic (exact) mass is 307 g/mol. The standard InChI is InChI=1S/C12H17N3O2.2ClH/c1-9-4-10(7-14-6-9)12(16)15-2-3-17-11(5-13)8-15;;/h4,6-7,11H,2-3,5,8,13H2,1H3;2*1H. The van der Waals surface area contributed by atoms with Crippen LogP contribution in [0.3, 0.4) is 0 Å². The Labute approximate surface area is 125 Å². The van der Waals surface area contributed by atoms with Crippen molar-refractivity contribution >= 4 is 30.7 Å². The molecule has 1 aliphatic heterocycles. The molecule has 1 aromatic heterocycles. The van der Waals surface area contributed by atoms with Crippen LogP contribution in [0.25, 0.3) is 0 Å². The molecule has 0 aliphatic carbocycles. The van der Waals surface area contributed by atoms with Gasteiger partial charge in [-0.1, -0.05) is 0 Å². The Morgan fingerprint density at radius 2 is 2.26 bits per heavy atom. The predicted octanol–water partition coefficient (Wildman–Crippen LogP) is 1.03. The van der Waals surface area contributed by atoms with Crippen LogP contribution in [-0.4, -0.2) is 48.1 Å². The van der Waals surface area contributed by atoms with E-state index in [1.807, 2.05) is 13.0 Å². The van der Waals surface area contributed by atoms with Gasteiger partial charge < -0.3 is 15.4 Å². The highest BCUT2D eigenvalue weighted by Gasteiger charge is 2.24. The van der Waals surface area contributed by atoms with Gasteiger partial charge in [-0.3, -0.25) is 9.78 Å². The number of hydrogen-bond acceptors (Lipinski definition) is 4. The molecular formula is C12H19Cl2N3O2. The zero-order valence-electron chi connectivity index (χ0n) is 10.7. The third kappa shape index (κ3) is 4.62. The summed E-state index contributed by atoms with van der Waals surface area (Å²) < 4.78 is 5.43. The van der Waals surface area contributed by atoms with Gasteiger partial charge in [0.25, 0.3) is 5.91 Å². The Bertz CT molecular complexity index is 418. The van der Waals surface area contributed by atoms with Crippen LogP contribution in [0.2, 0.25) is 0 Å². The van der Waals surface area contributed by atoms with Crippen molar-refractivity contribution in [3.05, 3.63) is 29.6 Å². The van der Waals surface area contributed by atoms with Crippen molar-refractivity contribution in [2.45, 2.75) is 13.0 Å². The van der Waals surface area contributed by atoms with Crippen LogP contribution in [0.1, 0.15) is 15.9 Å². The van der Waals surface area contributed by atoms with E-state index in [2.05, 4.69) is 4.98 Å². The topological polar surface area (TPSA) is 68.5 Å². The minimum Gasteiger partial charge on any atom is -0.373 e. The quantitative estimate of drug-likeness (QED) is 0.886. The molecule has 1 fully saturated rings. The van der Waals surface area contributed by atoms with E-state index in [0.29, 0.717) is 31.8 Å². The van der Waals surface area contributed by atoms with E-state index < -0.39 is 0 Å². The third-order valence-corrected chi connectivity index (χ3v) is 2.81. The lowest BCUT2D eigenvalue weighted by Gasteiger charge is -2.32. The maximum atomic E-state index is 12.2. The normalized spacial score (nSPS) is 18.2. The maximum Gasteiger partial charge on any atom is 0.255 e. The minimum absolute atomic E-state index is 0. The molecule has 0 bridgehead atoms. The SMILES string of the molecule is Cc1cncc(C(=O)N2CCOC(CN)C2)c1.Cl.Cl. The summed E-state index contributed by atoms with van der Waals surface area (Å²) in [5.41, 5.74) is 7.17. The summed E-state index contributed by atoms with van der Waals surface area (Å²) in [4.78, 5) is 18.0. The van der Waals surface area contributed by atoms with Crippen LogP contribution in [0.15, 0.2) is 18.5 Å². The number of nitrogens with zero attached hydrogens (tertiary/aromatic N) is 2. The van der Waals surface area contributed by atoms with Gasteiger partial charge in [-0.05, 0) is 18.6 Å². The molecule has 0 saturated carbocycles. The van der Waals surface area contributed by atoms with Crippen molar-refractivity contribution < 1.29 is 9.53 Å². The third-order valence-electron chi connectivity index (χ3n) is 2.81. The van der Waals surface area contributed by atoms with Gasteiger partial charge in [-0.2, -0.15) is 0 Å². The Morgan fingerprint density at radius 1 is 1.53 bits per heavy atom. The summed E-state index contributed by atoms with van der Waals surface area (Å²) in [5.74, 6) is 0.00273. The van der Waals surface area contributed by atoms with Crippen LogP contribution in [-0.2, 0) is 4.74 Å². The zero-order chi connectivity index (χ0) is 12.3. The summed E-state index contributed by atoms with van der Waals surface area (Å²) in [7, 11) is 0. The lowest BCUT2D eigenvalue weighted by atomic mass is 10.2. The van der Waals surface area contributed by atoms with Gasteiger partial charge in [0.1, 0.15) is 0 Å². The van der Waals surface area contributed by atoms with Gasteiger partial charge in [0.05, 0.1) is 18.3 Å². The van der Waals surface area contributed by atoms with Crippen molar-refractivity contribution in [3.8, 4) is 0 Å². The van der Waals surface area contributed by atoms with Crippen LogP contribution in [0.4, 0.5) is 0 Å². The number of halogens is 2. The molecule has 5 nitrogen and oxygen atoms in total. The molecule has 0 spiro atoms. The number of aryl methyl sites for hydroxylation is 1. The van der Waals surface area contributed by atoms with Crippen molar-refractivity contribution in [2.24, 2.45) is 5.73 Å². The number of carbonyl (C=O) groups is 1. The predicted molar refractivity (Wildman–Crippen MR) is 78.2 cm³/mol. The fraction of sp³-hybridized carbons (Fsp3) is 0.500. The molecule has 19 heavy (non-hydrogen) atoms. The van der Waals surface area contributed by atoms with Crippen molar-refractivity contribution in [1.82, 2.24) is 9.88 Å². The molecule has 2 rings (SSSR count). The van der Waals surface area contributed by atoms with Gasteiger partial charge in [0, 0.05) is 32.0 Å². The summed E-state index contributed by atoms with van der Waals surface area (Å²) >= 11 is 0. The number of hydrogen-bond donors (Lipinski definition) is 1. The highest BCUT2D eigenvalue weighted by molar-refractivity contribution is 5.94. The van der Waals surface area contributed by atoms with Crippen LogP contribution < -0.4 is 5.73 Å². The summed E-state index contributed by atoms with van der Waals surface area (Å²) in [6, 6.07) is 1.85. The second kappa shape index (κ2) is 8.32. The second-order valence-corrected chi connectivity index (χ2v) is 4.23. The molecule has 1 aliphatic rings. The highest BCUT2D eigenvalue weighted by atomic mass is 35.5. The van der Waals surface area contributed by atoms with Gasteiger partial charge in [0.2, 0.25) is 0 Å². The smallest absolute Gasteiger partial charge is 0.255 e. The lowest BCUT2D eigenvalue weighted by Crippen LogP contribution is -2.48. The fourth-order valence-corrected chi connectivity index (χ4v) is 1.90. The van der Waals surface area contributed by atoms with E-state index in [0.717, 1.165) is 5.56 Å². The van der Waals surface area contributed by atoms with Crippen molar-refractivity contribution in [1.29, 1.82) is 0 Å². The molecule has 1 saturated heterocycles. The average Bonchev–Trinajstić information content (AvgIpc) is 2.38. The van der Waals surface area contributed by atoms with E-state index in [4.69, 9.17) is 10.5 Å². The van der Waals surface area contributed by atoms with E-state index in [9.17, 15) is 4.79 Å². The van der Waals surface area contributed by atoms with Gasteiger partial charge in [-0.15, -0.1) is 24.8 Å². The number of morpholine rings is 1. The van der Waals surface area contributed by atoms with Crippen LogP contribution >= 0.6 is 24.8 Å². The number of ether oxygens (including phenoxy) is 1. The minimum atomic E-state index is -0.0505. The van der Waals surface area contributed by atoms with E-state index >= 15 is 0 Å².